The second-order valence-electron chi connectivity index (χ2n) is 6.85. The van der Waals surface area contributed by atoms with Gasteiger partial charge in [-0.25, -0.2) is 13.2 Å². The quantitative estimate of drug-likeness (QED) is 0.722. The molecular formula is C19H20F3N5O2. The zero-order valence-corrected chi connectivity index (χ0v) is 15.7. The molecule has 4 rings (SSSR count). The fraction of sp³-hybridized carbons (Fsp3) is 0.421. The predicted octanol–water partition coefficient (Wildman–Crippen LogP) is 1.69. The number of carbonyl (C=O) groups excluding carboxylic acids is 1. The third-order valence-corrected chi connectivity index (χ3v) is 5.13. The Labute approximate surface area is 165 Å². The largest absolute Gasteiger partial charge is 0.378 e. The molecule has 0 radical (unpaired) electrons. The van der Waals surface area contributed by atoms with E-state index < -0.39 is 28.9 Å². The highest BCUT2D eigenvalue weighted by Gasteiger charge is 2.27. The van der Waals surface area contributed by atoms with Crippen molar-refractivity contribution in [2.24, 2.45) is 0 Å². The van der Waals surface area contributed by atoms with Crippen LogP contribution in [0.25, 0.3) is 0 Å². The van der Waals surface area contributed by atoms with Crippen LogP contribution in [0.5, 0.6) is 0 Å². The Morgan fingerprint density at radius 2 is 1.38 bits per heavy atom. The molecule has 0 saturated carbocycles. The zero-order chi connectivity index (χ0) is 20.4. The Balaban J connectivity index is 1.38. The summed E-state index contributed by atoms with van der Waals surface area (Å²) < 4.78 is 45.7. The highest BCUT2D eigenvalue weighted by Crippen LogP contribution is 2.20. The topological polar surface area (TPSA) is 61.8 Å². The summed E-state index contributed by atoms with van der Waals surface area (Å²) in [6.07, 6.45) is 0. The van der Waals surface area contributed by atoms with Crippen LogP contribution >= 0.6 is 0 Å². The minimum atomic E-state index is -1.63. The van der Waals surface area contributed by atoms with Crippen molar-refractivity contribution in [1.29, 1.82) is 0 Å². The molecule has 1 aromatic carbocycles. The first-order chi connectivity index (χ1) is 14.0. The summed E-state index contributed by atoms with van der Waals surface area (Å²) in [6, 6.07) is 5.51. The van der Waals surface area contributed by atoms with Crippen LogP contribution in [0.2, 0.25) is 0 Å². The molecule has 0 N–H and O–H groups in total. The number of hydrogen-bond acceptors (Lipinski definition) is 6. The molecule has 2 aromatic rings. The average molecular weight is 407 g/mol. The lowest BCUT2D eigenvalue weighted by molar-refractivity contribution is 0.0740. The number of morpholine rings is 1. The minimum Gasteiger partial charge on any atom is -0.378 e. The lowest BCUT2D eigenvalue weighted by Crippen LogP contribution is -2.49. The first-order valence-electron chi connectivity index (χ1n) is 9.39. The molecule has 0 spiro atoms. The second kappa shape index (κ2) is 8.24. The Morgan fingerprint density at radius 1 is 0.793 bits per heavy atom. The van der Waals surface area contributed by atoms with Gasteiger partial charge in [0.05, 0.1) is 18.8 Å². The molecule has 154 valence electrons. The number of amides is 1. The van der Waals surface area contributed by atoms with Gasteiger partial charge in [0.25, 0.3) is 5.91 Å². The molecule has 3 heterocycles. The number of benzene rings is 1. The van der Waals surface area contributed by atoms with E-state index in [1.165, 1.54) is 4.90 Å². The second-order valence-corrected chi connectivity index (χ2v) is 6.85. The number of anilines is 2. The van der Waals surface area contributed by atoms with Crippen molar-refractivity contribution in [1.82, 2.24) is 15.1 Å². The van der Waals surface area contributed by atoms with Crippen LogP contribution in [0.1, 0.15) is 10.4 Å². The monoisotopic (exact) mass is 407 g/mol. The van der Waals surface area contributed by atoms with Crippen LogP contribution in [0.4, 0.5) is 24.8 Å². The highest BCUT2D eigenvalue weighted by molar-refractivity contribution is 5.94. The molecular weight excluding hydrogens is 387 g/mol. The van der Waals surface area contributed by atoms with Crippen LogP contribution in [0.15, 0.2) is 24.3 Å². The fourth-order valence-electron chi connectivity index (χ4n) is 3.45. The van der Waals surface area contributed by atoms with Gasteiger partial charge in [-0.05, 0) is 24.3 Å². The van der Waals surface area contributed by atoms with Gasteiger partial charge in [0.15, 0.2) is 29.1 Å². The van der Waals surface area contributed by atoms with Crippen LogP contribution < -0.4 is 9.80 Å². The Hall–Kier alpha value is -2.88. The normalized spacial score (nSPS) is 17.6. The molecule has 1 aromatic heterocycles. The Bertz CT molecular complexity index is 882. The molecule has 0 atom stereocenters. The molecule has 10 heteroatoms. The van der Waals surface area contributed by atoms with Crippen molar-refractivity contribution in [2.45, 2.75) is 0 Å². The number of hydrogen-bond donors (Lipinski definition) is 0. The van der Waals surface area contributed by atoms with Gasteiger partial charge in [-0.3, -0.25) is 4.79 Å². The number of rotatable bonds is 3. The molecule has 1 amide bonds. The summed E-state index contributed by atoms with van der Waals surface area (Å²) >= 11 is 0. The maximum absolute atomic E-state index is 13.9. The van der Waals surface area contributed by atoms with Gasteiger partial charge < -0.3 is 19.4 Å². The van der Waals surface area contributed by atoms with Gasteiger partial charge in [-0.15, -0.1) is 10.2 Å². The van der Waals surface area contributed by atoms with E-state index in [0.29, 0.717) is 45.2 Å². The number of piperazine rings is 1. The van der Waals surface area contributed by atoms with E-state index in [1.807, 2.05) is 17.0 Å². The van der Waals surface area contributed by atoms with Crippen molar-refractivity contribution in [3.05, 3.63) is 47.3 Å². The molecule has 29 heavy (non-hydrogen) atoms. The van der Waals surface area contributed by atoms with E-state index in [1.54, 1.807) is 0 Å². The Kier molecular flexibility index (Phi) is 5.52. The Morgan fingerprint density at radius 3 is 1.97 bits per heavy atom. The molecule has 2 saturated heterocycles. The van der Waals surface area contributed by atoms with Gasteiger partial charge in [0, 0.05) is 39.3 Å². The number of aromatic nitrogens is 2. The lowest BCUT2D eigenvalue weighted by atomic mass is 10.1. The number of carbonyl (C=O) groups is 1. The maximum atomic E-state index is 13.9. The molecule has 2 fully saturated rings. The minimum absolute atomic E-state index is 0.310. The summed E-state index contributed by atoms with van der Waals surface area (Å²) in [7, 11) is 0. The predicted molar refractivity (Wildman–Crippen MR) is 99.5 cm³/mol. The summed E-state index contributed by atoms with van der Waals surface area (Å²) in [6.45, 7) is 4.44. The number of halogens is 3. The van der Waals surface area contributed by atoms with E-state index >= 15 is 0 Å². The van der Waals surface area contributed by atoms with Crippen LogP contribution in [-0.4, -0.2) is 73.5 Å². The molecule has 7 nitrogen and oxygen atoms in total. The van der Waals surface area contributed by atoms with E-state index in [-0.39, 0.29) is 0 Å². The van der Waals surface area contributed by atoms with Crippen LogP contribution in [0.3, 0.4) is 0 Å². The summed E-state index contributed by atoms with van der Waals surface area (Å²) in [4.78, 5) is 18.0. The van der Waals surface area contributed by atoms with Gasteiger partial charge in [-0.1, -0.05) is 0 Å². The highest BCUT2D eigenvalue weighted by atomic mass is 19.2. The van der Waals surface area contributed by atoms with Crippen LogP contribution in [-0.2, 0) is 4.74 Å². The standard InChI is InChI=1S/C19H20F3N5O2/c20-14-2-1-13(17(21)18(14)22)19(28)27-7-5-25(6-8-27)15-3-4-16(24-23-15)26-9-11-29-12-10-26/h1-4H,5-12H2. The molecule has 0 unspecified atom stereocenters. The first-order valence-corrected chi connectivity index (χ1v) is 9.39. The molecule has 0 aliphatic carbocycles. The molecule has 0 bridgehead atoms. The van der Waals surface area contributed by atoms with Gasteiger partial charge >= 0.3 is 0 Å². The smallest absolute Gasteiger partial charge is 0.257 e. The molecule has 2 aliphatic rings. The lowest BCUT2D eigenvalue weighted by Gasteiger charge is -2.35. The van der Waals surface area contributed by atoms with Crippen molar-refractivity contribution in [3.63, 3.8) is 0 Å². The maximum Gasteiger partial charge on any atom is 0.257 e. The summed E-state index contributed by atoms with van der Waals surface area (Å²) in [5.74, 6) is -3.59. The van der Waals surface area contributed by atoms with Crippen molar-refractivity contribution in [2.75, 3.05) is 62.3 Å². The average Bonchev–Trinajstić information content (AvgIpc) is 2.78. The summed E-state index contributed by atoms with van der Waals surface area (Å²) in [5, 5.41) is 8.56. The van der Waals surface area contributed by atoms with Gasteiger partial charge in [-0.2, -0.15) is 0 Å². The van der Waals surface area contributed by atoms with Gasteiger partial charge in [0.1, 0.15) is 0 Å². The van der Waals surface area contributed by atoms with Crippen molar-refractivity contribution < 1.29 is 22.7 Å². The first kappa shape index (κ1) is 19.4. The fourth-order valence-corrected chi connectivity index (χ4v) is 3.45. The SMILES string of the molecule is O=C(c1ccc(F)c(F)c1F)N1CCN(c2ccc(N3CCOCC3)nn2)CC1. The van der Waals surface area contributed by atoms with E-state index in [0.717, 1.165) is 31.0 Å². The van der Waals surface area contributed by atoms with Gasteiger partial charge in [0.2, 0.25) is 0 Å². The van der Waals surface area contributed by atoms with Crippen molar-refractivity contribution >= 4 is 17.5 Å². The summed E-state index contributed by atoms with van der Waals surface area (Å²) in [5.41, 5.74) is -0.466. The van der Waals surface area contributed by atoms with E-state index in [4.69, 9.17) is 4.74 Å². The van der Waals surface area contributed by atoms with Crippen LogP contribution in [0, 0.1) is 17.5 Å². The van der Waals surface area contributed by atoms with E-state index in [9.17, 15) is 18.0 Å². The number of ether oxygens (including phenoxy) is 1. The number of nitrogens with zero attached hydrogens (tertiary/aromatic N) is 5. The third-order valence-electron chi connectivity index (χ3n) is 5.13. The zero-order valence-electron chi connectivity index (χ0n) is 15.7. The third kappa shape index (κ3) is 3.98. The molecule has 2 aliphatic heterocycles. The van der Waals surface area contributed by atoms with E-state index in [2.05, 4.69) is 15.1 Å². The van der Waals surface area contributed by atoms with Crippen molar-refractivity contribution in [3.8, 4) is 0 Å².